The van der Waals surface area contributed by atoms with E-state index in [0.717, 1.165) is 27.7 Å². The van der Waals surface area contributed by atoms with Crippen molar-refractivity contribution in [3.63, 3.8) is 0 Å². The average Bonchev–Trinajstić information content (AvgIpc) is 2.80. The van der Waals surface area contributed by atoms with Crippen molar-refractivity contribution in [1.82, 2.24) is 14.5 Å². The van der Waals surface area contributed by atoms with Crippen LogP contribution in [0.4, 0.5) is 0 Å². The summed E-state index contributed by atoms with van der Waals surface area (Å²) in [5.41, 5.74) is 2.14. The maximum absolute atomic E-state index is 4.53. The summed E-state index contributed by atoms with van der Waals surface area (Å²) >= 11 is 1.66. The van der Waals surface area contributed by atoms with Crippen LogP contribution in [0.5, 0.6) is 0 Å². The number of nitrogens with zero attached hydrogens (tertiary/aromatic N) is 3. The third kappa shape index (κ3) is 1.34. The van der Waals surface area contributed by atoms with E-state index < -0.39 is 0 Å². The second kappa shape index (κ2) is 3.42. The number of aromatic nitrogens is 3. The first-order valence-electron chi connectivity index (χ1n) is 5.12. The summed E-state index contributed by atoms with van der Waals surface area (Å²) in [7, 11) is 0. The smallest absolute Gasteiger partial charge is 0.149 e. The van der Waals surface area contributed by atoms with Crippen molar-refractivity contribution in [2.75, 3.05) is 0 Å². The standard InChI is InChI=1S/C12H11N3S/c1-8-13-10-5-3-4-6-11(10)15(8)12-7-16-9(2)14-12/h3-7H,1-2H3. The lowest BCUT2D eigenvalue weighted by Crippen LogP contribution is -1.96. The molecule has 0 saturated heterocycles. The van der Waals surface area contributed by atoms with Crippen molar-refractivity contribution in [2.45, 2.75) is 13.8 Å². The Labute approximate surface area is 97.4 Å². The zero-order valence-corrected chi connectivity index (χ0v) is 9.95. The lowest BCUT2D eigenvalue weighted by molar-refractivity contribution is 0.962. The quantitative estimate of drug-likeness (QED) is 0.642. The van der Waals surface area contributed by atoms with Gasteiger partial charge >= 0.3 is 0 Å². The number of thiazole rings is 1. The van der Waals surface area contributed by atoms with Gasteiger partial charge in [-0.2, -0.15) is 0 Å². The van der Waals surface area contributed by atoms with Gasteiger partial charge in [0.1, 0.15) is 11.6 Å². The molecule has 3 aromatic rings. The molecule has 4 heteroatoms. The normalized spacial score (nSPS) is 11.1. The van der Waals surface area contributed by atoms with Gasteiger partial charge in [0.15, 0.2) is 0 Å². The molecule has 0 atom stereocenters. The number of hydrogen-bond acceptors (Lipinski definition) is 3. The minimum Gasteiger partial charge on any atom is -0.280 e. The zero-order valence-electron chi connectivity index (χ0n) is 9.14. The molecular weight excluding hydrogens is 218 g/mol. The molecule has 0 saturated carbocycles. The van der Waals surface area contributed by atoms with Crippen LogP contribution in [0.3, 0.4) is 0 Å². The van der Waals surface area contributed by atoms with Crippen molar-refractivity contribution in [3.8, 4) is 5.82 Å². The molecular formula is C12H11N3S. The monoisotopic (exact) mass is 229 g/mol. The van der Waals surface area contributed by atoms with Crippen LogP contribution in [0.15, 0.2) is 29.6 Å². The van der Waals surface area contributed by atoms with Crippen LogP contribution in [0.2, 0.25) is 0 Å². The van der Waals surface area contributed by atoms with Gasteiger partial charge in [0, 0.05) is 5.38 Å². The van der Waals surface area contributed by atoms with Crippen LogP contribution in [0.1, 0.15) is 10.8 Å². The van der Waals surface area contributed by atoms with E-state index in [4.69, 9.17) is 0 Å². The molecule has 0 aliphatic carbocycles. The van der Waals surface area contributed by atoms with E-state index in [1.165, 1.54) is 0 Å². The van der Waals surface area contributed by atoms with Crippen molar-refractivity contribution in [3.05, 3.63) is 40.5 Å². The van der Waals surface area contributed by atoms with E-state index >= 15 is 0 Å². The molecule has 0 aliphatic heterocycles. The van der Waals surface area contributed by atoms with Crippen LogP contribution < -0.4 is 0 Å². The van der Waals surface area contributed by atoms with Crippen LogP contribution in [-0.4, -0.2) is 14.5 Å². The third-order valence-electron chi connectivity index (χ3n) is 2.56. The second-order valence-corrected chi connectivity index (χ2v) is 4.77. The Kier molecular flexibility index (Phi) is 2.04. The predicted molar refractivity (Wildman–Crippen MR) is 66.2 cm³/mol. The van der Waals surface area contributed by atoms with Crippen LogP contribution in [0, 0.1) is 13.8 Å². The lowest BCUT2D eigenvalue weighted by Gasteiger charge is -2.01. The highest BCUT2D eigenvalue weighted by molar-refractivity contribution is 7.09. The molecule has 80 valence electrons. The Bertz CT molecular complexity index is 651. The lowest BCUT2D eigenvalue weighted by atomic mass is 10.3. The highest BCUT2D eigenvalue weighted by Crippen LogP contribution is 2.21. The number of aryl methyl sites for hydroxylation is 2. The summed E-state index contributed by atoms with van der Waals surface area (Å²) in [6.45, 7) is 4.03. The molecule has 16 heavy (non-hydrogen) atoms. The number of rotatable bonds is 1. The Balaban J connectivity index is 2.34. The molecule has 1 aromatic carbocycles. The SMILES string of the molecule is Cc1nc(-n2c(C)nc3ccccc32)cs1. The van der Waals surface area contributed by atoms with E-state index in [0.29, 0.717) is 0 Å². The fourth-order valence-electron chi connectivity index (χ4n) is 1.89. The van der Waals surface area contributed by atoms with Gasteiger partial charge in [0.2, 0.25) is 0 Å². The Morgan fingerprint density at radius 1 is 1.12 bits per heavy atom. The number of hydrogen-bond donors (Lipinski definition) is 0. The van der Waals surface area contributed by atoms with Crippen LogP contribution in [0.25, 0.3) is 16.9 Å². The largest absolute Gasteiger partial charge is 0.280 e. The van der Waals surface area contributed by atoms with Gasteiger partial charge in [-0.25, -0.2) is 9.97 Å². The van der Waals surface area contributed by atoms with Gasteiger partial charge in [-0.1, -0.05) is 12.1 Å². The highest BCUT2D eigenvalue weighted by Gasteiger charge is 2.10. The summed E-state index contributed by atoms with van der Waals surface area (Å²) in [4.78, 5) is 9.03. The Morgan fingerprint density at radius 3 is 2.69 bits per heavy atom. The molecule has 0 fully saturated rings. The summed E-state index contributed by atoms with van der Waals surface area (Å²) in [5, 5.41) is 3.14. The minimum atomic E-state index is 0.966. The first-order chi connectivity index (χ1) is 7.75. The summed E-state index contributed by atoms with van der Waals surface area (Å²) in [6, 6.07) is 8.13. The van der Waals surface area contributed by atoms with Gasteiger partial charge in [-0.15, -0.1) is 11.3 Å². The topological polar surface area (TPSA) is 30.7 Å². The van der Waals surface area contributed by atoms with Gasteiger partial charge in [0.25, 0.3) is 0 Å². The number of fused-ring (bicyclic) bond motifs is 1. The first kappa shape index (κ1) is 9.54. The van der Waals surface area contributed by atoms with Gasteiger partial charge in [-0.3, -0.25) is 4.57 Å². The number of para-hydroxylation sites is 2. The molecule has 0 radical (unpaired) electrons. The molecule has 3 rings (SSSR count). The Morgan fingerprint density at radius 2 is 1.94 bits per heavy atom. The molecule has 0 aliphatic rings. The molecule has 2 heterocycles. The van der Waals surface area contributed by atoms with Gasteiger partial charge < -0.3 is 0 Å². The predicted octanol–water partition coefficient (Wildman–Crippen LogP) is 3.10. The Hall–Kier alpha value is -1.68. The molecule has 0 bridgehead atoms. The maximum atomic E-state index is 4.53. The highest BCUT2D eigenvalue weighted by atomic mass is 32.1. The summed E-state index contributed by atoms with van der Waals surface area (Å²) in [6.07, 6.45) is 0. The molecule has 0 amide bonds. The van der Waals surface area contributed by atoms with Crippen LogP contribution >= 0.6 is 11.3 Å². The third-order valence-corrected chi connectivity index (χ3v) is 3.33. The van der Waals surface area contributed by atoms with Gasteiger partial charge in [-0.05, 0) is 26.0 Å². The fourth-order valence-corrected chi connectivity index (χ4v) is 2.47. The van der Waals surface area contributed by atoms with Crippen LogP contribution in [-0.2, 0) is 0 Å². The van der Waals surface area contributed by atoms with E-state index in [2.05, 4.69) is 26.0 Å². The minimum absolute atomic E-state index is 0.966. The molecule has 0 N–H and O–H groups in total. The number of benzene rings is 1. The average molecular weight is 229 g/mol. The number of imidazole rings is 1. The molecule has 2 aromatic heterocycles. The maximum Gasteiger partial charge on any atom is 0.149 e. The van der Waals surface area contributed by atoms with Crippen molar-refractivity contribution >= 4 is 22.4 Å². The fraction of sp³-hybridized carbons (Fsp3) is 0.167. The molecule has 0 unspecified atom stereocenters. The van der Waals surface area contributed by atoms with Crippen molar-refractivity contribution < 1.29 is 0 Å². The summed E-state index contributed by atoms with van der Waals surface area (Å²) < 4.78 is 2.10. The van der Waals surface area contributed by atoms with Crippen molar-refractivity contribution in [2.24, 2.45) is 0 Å². The van der Waals surface area contributed by atoms with Crippen molar-refractivity contribution in [1.29, 1.82) is 0 Å². The zero-order chi connectivity index (χ0) is 11.1. The second-order valence-electron chi connectivity index (χ2n) is 3.71. The van der Waals surface area contributed by atoms with E-state index in [1.54, 1.807) is 11.3 Å². The van der Waals surface area contributed by atoms with E-state index in [9.17, 15) is 0 Å². The molecule has 3 nitrogen and oxygen atoms in total. The van der Waals surface area contributed by atoms with Gasteiger partial charge in [0.05, 0.1) is 16.0 Å². The van der Waals surface area contributed by atoms with E-state index in [1.807, 2.05) is 32.0 Å². The molecule has 0 spiro atoms. The first-order valence-corrected chi connectivity index (χ1v) is 6.00. The van der Waals surface area contributed by atoms with E-state index in [-0.39, 0.29) is 0 Å². The summed E-state index contributed by atoms with van der Waals surface area (Å²) in [5.74, 6) is 1.94.